The second kappa shape index (κ2) is 21.1. The molecule has 30 heavy (non-hydrogen) atoms. The van der Waals surface area contributed by atoms with E-state index in [0.717, 1.165) is 37.5 Å². The number of aliphatic carboxylic acids is 1. The van der Waals surface area contributed by atoms with Gasteiger partial charge < -0.3 is 20.1 Å². The van der Waals surface area contributed by atoms with Crippen molar-refractivity contribution in [3.63, 3.8) is 0 Å². The summed E-state index contributed by atoms with van der Waals surface area (Å²) in [5.74, 6) is 0.296. The first-order valence-electron chi connectivity index (χ1n) is 11.9. The van der Waals surface area contributed by atoms with Gasteiger partial charge in [-0.15, -0.1) is 0 Å². The zero-order valence-corrected chi connectivity index (χ0v) is 20.1. The Morgan fingerprint density at radius 1 is 0.733 bits per heavy atom. The second-order valence-electron chi connectivity index (χ2n) is 8.51. The molecule has 0 aliphatic carbocycles. The highest BCUT2D eigenvalue weighted by atomic mass is 16.5. The highest BCUT2D eigenvalue weighted by molar-refractivity contribution is 5.69. The normalized spacial score (nSPS) is 14.8. The molecule has 0 aliphatic rings. The van der Waals surface area contributed by atoms with Gasteiger partial charge in [0.05, 0.1) is 31.7 Å². The molecule has 2 unspecified atom stereocenters. The number of unbranched alkanes of at least 4 members (excludes halogenated alkanes) is 2. The van der Waals surface area contributed by atoms with Crippen LogP contribution in [0.2, 0.25) is 0 Å². The predicted molar refractivity (Wildman–Crippen MR) is 121 cm³/mol. The molecular formula is C24H48O6. The van der Waals surface area contributed by atoms with Crippen molar-refractivity contribution < 1.29 is 29.6 Å². The molecule has 0 amide bonds. The van der Waals surface area contributed by atoms with Crippen molar-refractivity contribution in [2.45, 2.75) is 124 Å². The van der Waals surface area contributed by atoms with E-state index in [4.69, 9.17) is 9.84 Å². The third-order valence-corrected chi connectivity index (χ3v) is 5.48. The summed E-state index contributed by atoms with van der Waals surface area (Å²) >= 11 is 0. The molecule has 6 heteroatoms. The van der Waals surface area contributed by atoms with Crippen LogP contribution < -0.4 is 0 Å². The molecule has 4 atom stereocenters. The molecule has 0 aromatic rings. The highest BCUT2D eigenvalue weighted by Gasteiger charge is 2.11. The standard InChI is InChI=1S/C13H26O3.C11H22O3/c1-4-11(3)8-6-7-9-12(14)10-13(15)16-5-2;1-3-9(2)6-4-5-7-10(12)8-11(13)14/h11-12,14H,4-10H2,1-3H3;9-10,12H,3-8H2,1-2H3,(H,13,14)/t11-,12?;9-,10?/m00/s1. The van der Waals surface area contributed by atoms with Gasteiger partial charge in [0.1, 0.15) is 0 Å². The smallest absolute Gasteiger partial charge is 0.308 e. The van der Waals surface area contributed by atoms with Gasteiger partial charge in [-0.25, -0.2) is 0 Å². The predicted octanol–water partition coefficient (Wildman–Crippen LogP) is 5.34. The van der Waals surface area contributed by atoms with Gasteiger partial charge in [-0.1, -0.05) is 79.1 Å². The zero-order chi connectivity index (χ0) is 23.4. The largest absolute Gasteiger partial charge is 0.481 e. The molecule has 0 heterocycles. The van der Waals surface area contributed by atoms with E-state index in [1.807, 2.05) is 0 Å². The van der Waals surface area contributed by atoms with Crippen LogP contribution in [0.25, 0.3) is 0 Å². The lowest BCUT2D eigenvalue weighted by molar-refractivity contribution is -0.145. The maximum atomic E-state index is 11.1. The number of rotatable bonds is 17. The summed E-state index contributed by atoms with van der Waals surface area (Å²) in [6.45, 7) is 11.0. The SMILES string of the molecule is CCOC(=O)CC(O)CCCC[C@@H](C)CC.CC[C@H](C)CCCCC(O)CC(=O)O. The third kappa shape index (κ3) is 23.1. The number of ether oxygens (including phenoxy) is 1. The minimum Gasteiger partial charge on any atom is -0.481 e. The van der Waals surface area contributed by atoms with Crippen molar-refractivity contribution in [3.05, 3.63) is 0 Å². The van der Waals surface area contributed by atoms with Gasteiger partial charge in [-0.2, -0.15) is 0 Å². The fourth-order valence-corrected chi connectivity index (χ4v) is 2.97. The highest BCUT2D eigenvalue weighted by Crippen LogP contribution is 2.15. The Kier molecular flexibility index (Phi) is 21.8. The van der Waals surface area contributed by atoms with Crippen LogP contribution in [0.15, 0.2) is 0 Å². The van der Waals surface area contributed by atoms with E-state index in [1.165, 1.54) is 25.7 Å². The number of carboxylic acids is 1. The first kappa shape index (κ1) is 31.0. The monoisotopic (exact) mass is 432 g/mol. The van der Waals surface area contributed by atoms with Gasteiger partial charge in [-0.3, -0.25) is 9.59 Å². The van der Waals surface area contributed by atoms with Crippen LogP contribution in [0.5, 0.6) is 0 Å². The Hall–Kier alpha value is -1.14. The molecule has 0 saturated carbocycles. The van der Waals surface area contributed by atoms with Crippen LogP contribution in [-0.4, -0.2) is 46.1 Å². The van der Waals surface area contributed by atoms with Crippen molar-refractivity contribution in [3.8, 4) is 0 Å². The number of carbonyl (C=O) groups is 2. The molecule has 6 nitrogen and oxygen atoms in total. The number of hydrogen-bond donors (Lipinski definition) is 3. The van der Waals surface area contributed by atoms with E-state index in [0.29, 0.717) is 19.4 Å². The summed E-state index contributed by atoms with van der Waals surface area (Å²) in [6, 6.07) is 0. The topological polar surface area (TPSA) is 104 Å². The molecular weight excluding hydrogens is 384 g/mol. The van der Waals surface area contributed by atoms with Crippen molar-refractivity contribution in [1.82, 2.24) is 0 Å². The number of aliphatic hydroxyl groups is 2. The molecule has 0 radical (unpaired) electrons. The van der Waals surface area contributed by atoms with E-state index < -0.39 is 18.2 Å². The fraction of sp³-hybridized carbons (Fsp3) is 0.917. The van der Waals surface area contributed by atoms with Gasteiger partial charge in [0.25, 0.3) is 0 Å². The van der Waals surface area contributed by atoms with Crippen molar-refractivity contribution >= 4 is 11.9 Å². The summed E-state index contributed by atoms with van der Waals surface area (Å²) in [5, 5.41) is 27.2. The maximum Gasteiger partial charge on any atom is 0.308 e. The number of carbonyl (C=O) groups excluding carboxylic acids is 1. The quantitative estimate of drug-likeness (QED) is 0.212. The Balaban J connectivity index is 0. The molecule has 0 fully saturated rings. The van der Waals surface area contributed by atoms with Crippen LogP contribution in [0.4, 0.5) is 0 Å². The van der Waals surface area contributed by atoms with E-state index in [1.54, 1.807) is 6.92 Å². The zero-order valence-electron chi connectivity index (χ0n) is 20.1. The number of hydrogen-bond acceptors (Lipinski definition) is 5. The minimum absolute atomic E-state index is 0.122. The summed E-state index contributed by atoms with van der Waals surface area (Å²) in [6.07, 6.45) is 9.07. The molecule has 0 bridgehead atoms. The maximum absolute atomic E-state index is 11.1. The molecule has 0 saturated heterocycles. The molecule has 0 aromatic carbocycles. The van der Waals surface area contributed by atoms with Crippen LogP contribution in [0.3, 0.4) is 0 Å². The molecule has 180 valence electrons. The van der Waals surface area contributed by atoms with Crippen LogP contribution >= 0.6 is 0 Å². The number of carboxylic acid groups (broad SMARTS) is 1. The van der Waals surface area contributed by atoms with E-state index >= 15 is 0 Å². The Morgan fingerprint density at radius 3 is 1.50 bits per heavy atom. The first-order chi connectivity index (χ1) is 14.2. The lowest BCUT2D eigenvalue weighted by Crippen LogP contribution is -2.15. The lowest BCUT2D eigenvalue weighted by atomic mass is 9.99. The van der Waals surface area contributed by atoms with Crippen LogP contribution in [0, 0.1) is 11.8 Å². The second-order valence-corrected chi connectivity index (χ2v) is 8.51. The Bertz CT molecular complexity index is 413. The number of esters is 1. The molecule has 0 aliphatic heterocycles. The minimum atomic E-state index is -0.917. The van der Waals surface area contributed by atoms with Gasteiger partial charge >= 0.3 is 11.9 Å². The Morgan fingerprint density at radius 2 is 1.13 bits per heavy atom. The summed E-state index contributed by atoms with van der Waals surface area (Å²) in [4.78, 5) is 21.3. The summed E-state index contributed by atoms with van der Waals surface area (Å²) in [7, 11) is 0. The van der Waals surface area contributed by atoms with Gasteiger partial charge in [0, 0.05) is 0 Å². The summed E-state index contributed by atoms with van der Waals surface area (Å²) in [5.41, 5.74) is 0. The van der Waals surface area contributed by atoms with Crippen molar-refractivity contribution in [2.24, 2.45) is 11.8 Å². The molecule has 0 aromatic heterocycles. The fourth-order valence-electron chi connectivity index (χ4n) is 2.97. The van der Waals surface area contributed by atoms with Crippen molar-refractivity contribution in [2.75, 3.05) is 6.61 Å². The van der Waals surface area contributed by atoms with Gasteiger partial charge in [-0.05, 0) is 31.6 Å². The molecule has 3 N–H and O–H groups in total. The third-order valence-electron chi connectivity index (χ3n) is 5.48. The summed E-state index contributed by atoms with van der Waals surface area (Å²) < 4.78 is 4.78. The first-order valence-corrected chi connectivity index (χ1v) is 11.9. The molecule has 0 rings (SSSR count). The van der Waals surface area contributed by atoms with E-state index in [2.05, 4.69) is 27.7 Å². The average Bonchev–Trinajstić information content (AvgIpc) is 2.68. The van der Waals surface area contributed by atoms with E-state index in [-0.39, 0.29) is 18.8 Å². The average molecular weight is 433 g/mol. The van der Waals surface area contributed by atoms with Crippen molar-refractivity contribution in [1.29, 1.82) is 0 Å². The number of aliphatic hydroxyl groups excluding tert-OH is 2. The van der Waals surface area contributed by atoms with Gasteiger partial charge in [0.15, 0.2) is 0 Å². The Labute approximate surface area is 184 Å². The van der Waals surface area contributed by atoms with Gasteiger partial charge in [0.2, 0.25) is 0 Å². The van der Waals surface area contributed by atoms with E-state index in [9.17, 15) is 19.8 Å². The molecule has 0 spiro atoms. The van der Waals surface area contributed by atoms with Crippen LogP contribution in [0.1, 0.15) is 112 Å². The lowest BCUT2D eigenvalue weighted by Gasteiger charge is -2.11. The van der Waals surface area contributed by atoms with Crippen LogP contribution in [-0.2, 0) is 14.3 Å².